The molecule has 1 fully saturated rings. The molecule has 3 atom stereocenters. The lowest BCUT2D eigenvalue weighted by Crippen LogP contribution is -2.43. The molecule has 1 aromatic rings. The van der Waals surface area contributed by atoms with Crippen molar-refractivity contribution in [2.45, 2.75) is 50.8 Å². The van der Waals surface area contributed by atoms with Gasteiger partial charge in [0, 0.05) is 16.6 Å². The maximum Gasteiger partial charge on any atom is 0.0693 e. The molecule has 0 radical (unpaired) electrons. The molecule has 0 bridgehead atoms. The van der Waals surface area contributed by atoms with E-state index in [4.69, 9.17) is 0 Å². The highest BCUT2D eigenvalue weighted by Gasteiger charge is 2.24. The Balaban J connectivity index is 1.98. The summed E-state index contributed by atoms with van der Waals surface area (Å²) in [5.74, 6) is 0. The van der Waals surface area contributed by atoms with E-state index in [0.717, 1.165) is 23.7 Å². The molecule has 1 aliphatic rings. The van der Waals surface area contributed by atoms with Gasteiger partial charge in [-0.2, -0.15) is 0 Å². The van der Waals surface area contributed by atoms with Crippen LogP contribution in [0.15, 0.2) is 28.7 Å². The van der Waals surface area contributed by atoms with Crippen LogP contribution in [0.1, 0.15) is 44.2 Å². The first-order valence-corrected chi connectivity index (χ1v) is 7.15. The Morgan fingerprint density at radius 3 is 2.82 bits per heavy atom. The number of rotatable bonds is 3. The van der Waals surface area contributed by atoms with Gasteiger partial charge < -0.3 is 10.4 Å². The average molecular weight is 298 g/mol. The molecule has 0 amide bonds. The summed E-state index contributed by atoms with van der Waals surface area (Å²) in [6, 6.07) is 8.87. The van der Waals surface area contributed by atoms with Gasteiger partial charge in [0.1, 0.15) is 0 Å². The Hall–Kier alpha value is -0.380. The minimum absolute atomic E-state index is 0.182. The van der Waals surface area contributed by atoms with Crippen molar-refractivity contribution < 1.29 is 5.11 Å². The minimum atomic E-state index is -0.182. The van der Waals surface area contributed by atoms with Gasteiger partial charge in [-0.05, 0) is 37.5 Å². The zero-order chi connectivity index (χ0) is 12.3. The number of halogens is 1. The van der Waals surface area contributed by atoms with Gasteiger partial charge in [-0.1, -0.05) is 40.9 Å². The van der Waals surface area contributed by atoms with Gasteiger partial charge in [0.15, 0.2) is 0 Å². The van der Waals surface area contributed by atoms with E-state index < -0.39 is 0 Å². The molecule has 2 N–H and O–H groups in total. The lowest BCUT2D eigenvalue weighted by atomic mass is 9.91. The number of benzene rings is 1. The number of hydrogen-bond donors (Lipinski definition) is 2. The molecule has 0 saturated heterocycles. The summed E-state index contributed by atoms with van der Waals surface area (Å²) in [4.78, 5) is 0. The average Bonchev–Trinajstić information content (AvgIpc) is 2.32. The predicted octanol–water partition coefficient (Wildman–Crippen LogP) is 3.40. The van der Waals surface area contributed by atoms with Crippen molar-refractivity contribution in [2.24, 2.45) is 0 Å². The van der Waals surface area contributed by atoms with Crippen LogP contribution in [-0.4, -0.2) is 17.3 Å². The van der Waals surface area contributed by atoms with Crippen molar-refractivity contribution in [1.82, 2.24) is 5.32 Å². The summed E-state index contributed by atoms with van der Waals surface area (Å²) in [6.45, 7) is 2.16. The molecule has 17 heavy (non-hydrogen) atoms. The van der Waals surface area contributed by atoms with Crippen molar-refractivity contribution in [3.8, 4) is 0 Å². The van der Waals surface area contributed by atoms with Crippen molar-refractivity contribution >= 4 is 15.9 Å². The highest BCUT2D eigenvalue weighted by atomic mass is 79.9. The highest BCUT2D eigenvalue weighted by Crippen LogP contribution is 2.23. The van der Waals surface area contributed by atoms with E-state index >= 15 is 0 Å². The van der Waals surface area contributed by atoms with E-state index in [0.29, 0.717) is 0 Å². The summed E-state index contributed by atoms with van der Waals surface area (Å²) in [6.07, 6.45) is 4.21. The molecule has 0 unspecified atom stereocenters. The predicted molar refractivity (Wildman–Crippen MR) is 74.0 cm³/mol. The smallest absolute Gasteiger partial charge is 0.0693 e. The monoisotopic (exact) mass is 297 g/mol. The first-order chi connectivity index (χ1) is 8.16. The first-order valence-electron chi connectivity index (χ1n) is 6.36. The largest absolute Gasteiger partial charge is 0.392 e. The normalized spacial score (nSPS) is 26.8. The Labute approximate surface area is 112 Å². The van der Waals surface area contributed by atoms with Crippen molar-refractivity contribution in [3.63, 3.8) is 0 Å². The van der Waals surface area contributed by atoms with Gasteiger partial charge in [0.05, 0.1) is 6.10 Å². The topological polar surface area (TPSA) is 32.3 Å². The van der Waals surface area contributed by atoms with Gasteiger partial charge in [0.2, 0.25) is 0 Å². The summed E-state index contributed by atoms with van der Waals surface area (Å²) in [5.41, 5.74) is 1.26. The fraction of sp³-hybridized carbons (Fsp3) is 0.571. The van der Waals surface area contributed by atoms with E-state index in [1.807, 2.05) is 6.07 Å². The molecule has 94 valence electrons. The van der Waals surface area contributed by atoms with E-state index in [1.54, 1.807) is 0 Å². The third kappa shape index (κ3) is 3.54. The van der Waals surface area contributed by atoms with Crippen molar-refractivity contribution in [1.29, 1.82) is 0 Å². The maximum atomic E-state index is 9.95. The molecule has 0 heterocycles. The van der Waals surface area contributed by atoms with Crippen LogP contribution in [0.4, 0.5) is 0 Å². The highest BCUT2D eigenvalue weighted by molar-refractivity contribution is 9.10. The molecule has 0 aromatic heterocycles. The summed E-state index contributed by atoms with van der Waals surface area (Å²) in [5, 5.41) is 13.5. The second-order valence-corrected chi connectivity index (χ2v) is 5.82. The number of nitrogens with one attached hydrogen (secondary N) is 1. The number of aliphatic hydroxyl groups excluding tert-OH is 1. The standard InChI is InChI=1S/C14H20BrNO/c1-10(11-5-4-6-12(15)9-11)16-13-7-2-3-8-14(13)17/h4-6,9-10,13-14,16-17H,2-3,7-8H2,1H3/t10-,13-,14-/m1/s1. The van der Waals surface area contributed by atoms with Gasteiger partial charge in [-0.3, -0.25) is 0 Å². The van der Waals surface area contributed by atoms with Gasteiger partial charge in [-0.25, -0.2) is 0 Å². The molecule has 2 rings (SSSR count). The fourth-order valence-corrected chi connectivity index (χ4v) is 2.92. The van der Waals surface area contributed by atoms with Gasteiger partial charge in [-0.15, -0.1) is 0 Å². The molecule has 1 aromatic carbocycles. The lowest BCUT2D eigenvalue weighted by molar-refractivity contribution is 0.0860. The van der Waals surface area contributed by atoms with Crippen LogP contribution in [0, 0.1) is 0 Å². The number of hydrogen-bond acceptors (Lipinski definition) is 2. The second kappa shape index (κ2) is 5.98. The third-order valence-corrected chi connectivity index (χ3v) is 4.04. The van der Waals surface area contributed by atoms with E-state index in [-0.39, 0.29) is 18.2 Å². The van der Waals surface area contributed by atoms with E-state index in [1.165, 1.54) is 12.0 Å². The Morgan fingerprint density at radius 2 is 2.12 bits per heavy atom. The molecule has 0 spiro atoms. The van der Waals surface area contributed by atoms with E-state index in [9.17, 15) is 5.11 Å². The summed E-state index contributed by atoms with van der Waals surface area (Å²) >= 11 is 3.49. The maximum absolute atomic E-state index is 9.95. The van der Waals surface area contributed by atoms with Crippen LogP contribution in [0.5, 0.6) is 0 Å². The van der Waals surface area contributed by atoms with Crippen LogP contribution in [0.3, 0.4) is 0 Å². The van der Waals surface area contributed by atoms with Crippen molar-refractivity contribution in [3.05, 3.63) is 34.3 Å². The zero-order valence-electron chi connectivity index (χ0n) is 10.2. The second-order valence-electron chi connectivity index (χ2n) is 4.90. The molecule has 1 aliphatic carbocycles. The van der Waals surface area contributed by atoms with Crippen molar-refractivity contribution in [2.75, 3.05) is 0 Å². The van der Waals surface area contributed by atoms with Gasteiger partial charge >= 0.3 is 0 Å². The van der Waals surface area contributed by atoms with Crippen LogP contribution in [-0.2, 0) is 0 Å². The molecule has 1 saturated carbocycles. The Bertz CT molecular complexity index is 369. The quantitative estimate of drug-likeness (QED) is 0.896. The molecular formula is C14H20BrNO. The summed E-state index contributed by atoms with van der Waals surface area (Å²) < 4.78 is 1.10. The molecule has 3 heteroatoms. The minimum Gasteiger partial charge on any atom is -0.392 e. The van der Waals surface area contributed by atoms with Gasteiger partial charge in [0.25, 0.3) is 0 Å². The van der Waals surface area contributed by atoms with Crippen LogP contribution in [0.2, 0.25) is 0 Å². The third-order valence-electron chi connectivity index (χ3n) is 3.54. The molecule has 2 nitrogen and oxygen atoms in total. The molecule has 0 aliphatic heterocycles. The first kappa shape index (κ1) is 13.1. The number of aliphatic hydroxyl groups is 1. The van der Waals surface area contributed by atoms with Crippen LogP contribution < -0.4 is 5.32 Å². The van der Waals surface area contributed by atoms with Crippen LogP contribution in [0.25, 0.3) is 0 Å². The van der Waals surface area contributed by atoms with Crippen LogP contribution >= 0.6 is 15.9 Å². The SMILES string of the molecule is C[C@@H](N[C@@H]1CCCC[C@H]1O)c1cccc(Br)c1. The Kier molecular flexibility index (Phi) is 4.60. The summed E-state index contributed by atoms with van der Waals surface area (Å²) in [7, 11) is 0. The lowest BCUT2D eigenvalue weighted by Gasteiger charge is -2.31. The zero-order valence-corrected chi connectivity index (χ0v) is 11.8. The fourth-order valence-electron chi connectivity index (χ4n) is 2.50. The molecular weight excluding hydrogens is 278 g/mol. The Morgan fingerprint density at radius 1 is 1.35 bits per heavy atom. The van der Waals surface area contributed by atoms with E-state index in [2.05, 4.69) is 46.4 Å².